The lowest BCUT2D eigenvalue weighted by molar-refractivity contribution is 0.670. The molecule has 2 heterocycles. The normalized spacial score (nSPS) is 11.6. The number of hydrogen-bond donors (Lipinski definition) is 0. The van der Waals surface area contributed by atoms with Crippen LogP contribution in [0.15, 0.2) is 205 Å². The van der Waals surface area contributed by atoms with Crippen molar-refractivity contribution in [2.24, 2.45) is 0 Å². The molecule has 2 nitrogen and oxygen atoms in total. The summed E-state index contributed by atoms with van der Waals surface area (Å²) in [6.45, 7) is 0. The molecule has 0 aliphatic heterocycles. The molecule has 258 valence electrons. The average Bonchev–Trinajstić information content (AvgIpc) is 3.82. The monoisotopic (exact) mass is 719 g/mol. The largest absolute Gasteiger partial charge is 0.455 e. The Bertz CT molecular complexity index is 3220. The zero-order valence-electron chi connectivity index (χ0n) is 29.8. The summed E-state index contributed by atoms with van der Waals surface area (Å²) < 4.78 is 9.00. The Morgan fingerprint density at radius 1 is 0.345 bits per heavy atom. The standard InChI is InChI=1S/C52H33NOS/c1-2-17-42-34(11-1)12-9-20-43(42)38-15-7-13-36(31-38)37-14-8-16-40(32-37)53(41-29-30-47-46-19-4-6-24-50(46)55-51(47)33-41)39-27-25-35(26-28-39)44-21-10-22-48-45-18-3-5-23-49(45)54-52(44)48/h1-33H. The molecule has 0 saturated carbocycles. The Labute approximate surface area is 322 Å². The van der Waals surface area contributed by atoms with Gasteiger partial charge in [0.1, 0.15) is 11.2 Å². The summed E-state index contributed by atoms with van der Waals surface area (Å²) in [6.07, 6.45) is 0. The number of thiophene rings is 1. The topological polar surface area (TPSA) is 16.4 Å². The molecule has 0 atom stereocenters. The van der Waals surface area contributed by atoms with E-state index in [1.165, 1.54) is 53.2 Å². The highest BCUT2D eigenvalue weighted by Gasteiger charge is 2.18. The minimum Gasteiger partial charge on any atom is -0.455 e. The first-order valence-corrected chi connectivity index (χ1v) is 19.5. The Morgan fingerprint density at radius 2 is 0.964 bits per heavy atom. The van der Waals surface area contributed by atoms with Crippen molar-refractivity contribution in [3.8, 4) is 33.4 Å². The third kappa shape index (κ3) is 5.40. The molecule has 2 aromatic heterocycles. The van der Waals surface area contributed by atoms with Crippen LogP contribution in [0.1, 0.15) is 0 Å². The average molecular weight is 720 g/mol. The van der Waals surface area contributed by atoms with Gasteiger partial charge in [-0.15, -0.1) is 11.3 Å². The van der Waals surface area contributed by atoms with Crippen molar-refractivity contribution in [2.45, 2.75) is 0 Å². The molecule has 0 bridgehead atoms. The highest BCUT2D eigenvalue weighted by Crippen LogP contribution is 2.43. The second kappa shape index (κ2) is 12.9. The van der Waals surface area contributed by atoms with Crippen LogP contribution >= 0.6 is 11.3 Å². The van der Waals surface area contributed by atoms with E-state index in [-0.39, 0.29) is 0 Å². The van der Waals surface area contributed by atoms with Crippen LogP contribution in [0.3, 0.4) is 0 Å². The SMILES string of the molecule is c1cc(-c2cccc(N(c3ccc(-c4cccc5c4oc4ccccc45)cc3)c3ccc4c(c3)sc3ccccc34)c2)cc(-c2cccc3ccccc23)c1. The van der Waals surface area contributed by atoms with Gasteiger partial charge in [-0.3, -0.25) is 0 Å². The summed E-state index contributed by atoms with van der Waals surface area (Å²) in [5, 5.41) is 7.38. The van der Waals surface area contributed by atoms with Crippen LogP contribution < -0.4 is 4.90 Å². The molecule has 0 spiro atoms. The lowest BCUT2D eigenvalue weighted by Crippen LogP contribution is -2.10. The van der Waals surface area contributed by atoms with Gasteiger partial charge in [0.2, 0.25) is 0 Å². The lowest BCUT2D eigenvalue weighted by atomic mass is 9.95. The number of furan rings is 1. The maximum Gasteiger partial charge on any atom is 0.143 e. The van der Waals surface area contributed by atoms with Crippen LogP contribution in [0.25, 0.3) is 86.3 Å². The number of fused-ring (bicyclic) bond motifs is 7. The summed E-state index contributed by atoms with van der Waals surface area (Å²) in [5.74, 6) is 0. The molecule has 0 fully saturated rings. The highest BCUT2D eigenvalue weighted by atomic mass is 32.1. The predicted molar refractivity (Wildman–Crippen MR) is 235 cm³/mol. The Balaban J connectivity index is 1.03. The van der Waals surface area contributed by atoms with Crippen LogP contribution in [-0.2, 0) is 0 Å². The third-order valence-corrected chi connectivity index (χ3v) is 12.0. The molecular formula is C52H33NOS. The summed E-state index contributed by atoms with van der Waals surface area (Å²) in [6, 6.07) is 72.2. The molecule has 0 amide bonds. The van der Waals surface area contributed by atoms with Gasteiger partial charge < -0.3 is 9.32 Å². The second-order valence-corrected chi connectivity index (χ2v) is 15.2. The van der Waals surface area contributed by atoms with Gasteiger partial charge in [-0.25, -0.2) is 0 Å². The second-order valence-electron chi connectivity index (χ2n) is 14.1. The number of benzene rings is 9. The van der Waals surface area contributed by atoms with E-state index in [2.05, 4.69) is 193 Å². The van der Waals surface area contributed by atoms with Crippen molar-refractivity contribution in [1.82, 2.24) is 0 Å². The quantitative estimate of drug-likeness (QED) is 0.170. The van der Waals surface area contributed by atoms with E-state index < -0.39 is 0 Å². The van der Waals surface area contributed by atoms with Crippen molar-refractivity contribution >= 4 is 81.3 Å². The van der Waals surface area contributed by atoms with Crippen molar-refractivity contribution < 1.29 is 4.42 Å². The number of nitrogens with zero attached hydrogens (tertiary/aromatic N) is 1. The highest BCUT2D eigenvalue weighted by molar-refractivity contribution is 7.25. The van der Waals surface area contributed by atoms with Crippen molar-refractivity contribution in [3.05, 3.63) is 200 Å². The van der Waals surface area contributed by atoms with Gasteiger partial charge in [0.05, 0.1) is 0 Å². The number of hydrogen-bond acceptors (Lipinski definition) is 3. The smallest absolute Gasteiger partial charge is 0.143 e. The van der Waals surface area contributed by atoms with E-state index in [0.29, 0.717) is 0 Å². The summed E-state index contributed by atoms with van der Waals surface area (Å²) in [5.41, 5.74) is 12.1. The summed E-state index contributed by atoms with van der Waals surface area (Å²) in [4.78, 5) is 2.38. The number of rotatable bonds is 6. The van der Waals surface area contributed by atoms with Crippen molar-refractivity contribution in [3.63, 3.8) is 0 Å². The van der Waals surface area contributed by atoms with Gasteiger partial charge in [0.25, 0.3) is 0 Å². The first kappa shape index (κ1) is 31.6. The Kier molecular flexibility index (Phi) is 7.39. The molecule has 0 aliphatic rings. The van der Waals surface area contributed by atoms with Gasteiger partial charge >= 0.3 is 0 Å². The summed E-state index contributed by atoms with van der Waals surface area (Å²) in [7, 11) is 0. The zero-order valence-corrected chi connectivity index (χ0v) is 30.6. The molecule has 11 rings (SSSR count). The fraction of sp³-hybridized carbons (Fsp3) is 0. The van der Waals surface area contributed by atoms with Crippen LogP contribution in [0, 0.1) is 0 Å². The molecule has 11 aromatic rings. The van der Waals surface area contributed by atoms with Crippen molar-refractivity contribution in [2.75, 3.05) is 4.90 Å². The number of anilines is 3. The van der Waals surface area contributed by atoms with E-state index >= 15 is 0 Å². The van der Waals surface area contributed by atoms with Gasteiger partial charge in [-0.2, -0.15) is 0 Å². The van der Waals surface area contributed by atoms with E-state index in [1.54, 1.807) is 0 Å². The molecule has 0 unspecified atom stereocenters. The van der Waals surface area contributed by atoms with Gasteiger partial charge in [0.15, 0.2) is 0 Å². The molecule has 0 N–H and O–H groups in total. The fourth-order valence-corrected chi connectivity index (χ4v) is 9.37. The third-order valence-electron chi connectivity index (χ3n) is 10.9. The van der Waals surface area contributed by atoms with Crippen LogP contribution in [0.2, 0.25) is 0 Å². The van der Waals surface area contributed by atoms with Gasteiger partial charge in [-0.05, 0) is 93.2 Å². The van der Waals surface area contributed by atoms with Crippen LogP contribution in [0.5, 0.6) is 0 Å². The lowest BCUT2D eigenvalue weighted by Gasteiger charge is -2.26. The maximum atomic E-state index is 6.42. The minimum absolute atomic E-state index is 0.909. The first-order chi connectivity index (χ1) is 27.2. The van der Waals surface area contributed by atoms with E-state index in [0.717, 1.165) is 50.1 Å². The molecule has 55 heavy (non-hydrogen) atoms. The first-order valence-electron chi connectivity index (χ1n) is 18.7. The fourth-order valence-electron chi connectivity index (χ4n) is 8.23. The van der Waals surface area contributed by atoms with E-state index in [1.807, 2.05) is 23.5 Å². The van der Waals surface area contributed by atoms with Crippen LogP contribution in [-0.4, -0.2) is 0 Å². The minimum atomic E-state index is 0.909. The Morgan fingerprint density at radius 3 is 1.87 bits per heavy atom. The van der Waals surface area contributed by atoms with E-state index in [9.17, 15) is 0 Å². The molecular weight excluding hydrogens is 687 g/mol. The zero-order chi connectivity index (χ0) is 36.3. The van der Waals surface area contributed by atoms with Crippen LogP contribution in [0.4, 0.5) is 17.1 Å². The van der Waals surface area contributed by atoms with Gasteiger partial charge in [0, 0.05) is 53.6 Å². The Hall–Kier alpha value is -6.94. The predicted octanol–water partition coefficient (Wildman–Crippen LogP) is 15.6. The number of para-hydroxylation sites is 2. The van der Waals surface area contributed by atoms with E-state index in [4.69, 9.17) is 4.42 Å². The molecule has 9 aromatic carbocycles. The molecule has 3 heteroatoms. The maximum absolute atomic E-state index is 6.42. The molecule has 0 radical (unpaired) electrons. The van der Waals surface area contributed by atoms with Crippen molar-refractivity contribution in [1.29, 1.82) is 0 Å². The molecule has 0 aliphatic carbocycles. The summed E-state index contributed by atoms with van der Waals surface area (Å²) >= 11 is 1.85. The van der Waals surface area contributed by atoms with Gasteiger partial charge in [-0.1, -0.05) is 146 Å². The molecule has 0 saturated heterocycles.